The monoisotopic (exact) mass is 292 g/mol. The van der Waals surface area contributed by atoms with Crippen molar-refractivity contribution in [2.24, 2.45) is 5.92 Å². The van der Waals surface area contributed by atoms with Crippen molar-refractivity contribution in [2.45, 2.75) is 26.7 Å². The van der Waals surface area contributed by atoms with Crippen LogP contribution in [0.3, 0.4) is 0 Å². The summed E-state index contributed by atoms with van der Waals surface area (Å²) in [4.78, 5) is 25.4. The molecule has 0 aliphatic rings. The zero-order chi connectivity index (χ0) is 15.8. The van der Waals surface area contributed by atoms with Gasteiger partial charge in [0.2, 0.25) is 5.91 Å². The molecular weight excluding hydrogens is 268 g/mol. The number of methoxy groups -OCH3 is 1. The third kappa shape index (κ3) is 6.29. The summed E-state index contributed by atoms with van der Waals surface area (Å²) in [5, 5.41) is 0. The van der Waals surface area contributed by atoms with E-state index in [1.54, 1.807) is 17.0 Å². The number of benzene rings is 1. The Kier molecular flexibility index (Phi) is 6.72. The van der Waals surface area contributed by atoms with Gasteiger partial charge in [0, 0.05) is 18.8 Å². The minimum absolute atomic E-state index is 0.00166. The molecule has 2 N–H and O–H groups in total. The zero-order valence-corrected chi connectivity index (χ0v) is 13.0. The van der Waals surface area contributed by atoms with E-state index in [9.17, 15) is 9.59 Å². The molecular formula is C16H24N2O3. The molecule has 0 heterocycles. The van der Waals surface area contributed by atoms with E-state index in [0.29, 0.717) is 31.1 Å². The molecule has 1 amide bonds. The Morgan fingerprint density at radius 3 is 2.62 bits per heavy atom. The van der Waals surface area contributed by atoms with Gasteiger partial charge in [-0.1, -0.05) is 26.0 Å². The van der Waals surface area contributed by atoms with E-state index < -0.39 is 0 Å². The highest BCUT2D eigenvalue weighted by Crippen LogP contribution is 2.10. The summed E-state index contributed by atoms with van der Waals surface area (Å²) < 4.78 is 4.63. The summed E-state index contributed by atoms with van der Waals surface area (Å²) in [7, 11) is 1.35. The second-order valence-corrected chi connectivity index (χ2v) is 5.48. The minimum Gasteiger partial charge on any atom is -0.469 e. The summed E-state index contributed by atoms with van der Waals surface area (Å²) in [6.07, 6.45) is 0.505. The average Bonchev–Trinajstić information content (AvgIpc) is 2.42. The highest BCUT2D eigenvalue weighted by atomic mass is 16.5. The van der Waals surface area contributed by atoms with Crippen LogP contribution in [0.5, 0.6) is 0 Å². The lowest BCUT2D eigenvalue weighted by Crippen LogP contribution is -2.37. The number of carbonyl (C=O) groups is 2. The van der Waals surface area contributed by atoms with Gasteiger partial charge in [-0.3, -0.25) is 9.59 Å². The van der Waals surface area contributed by atoms with Gasteiger partial charge in [0.25, 0.3) is 0 Å². The Balaban J connectivity index is 2.68. The Labute approximate surface area is 126 Å². The molecule has 0 unspecified atom stereocenters. The van der Waals surface area contributed by atoms with Crippen molar-refractivity contribution in [1.29, 1.82) is 0 Å². The first-order valence-electron chi connectivity index (χ1n) is 7.11. The van der Waals surface area contributed by atoms with Crippen LogP contribution in [0.2, 0.25) is 0 Å². The van der Waals surface area contributed by atoms with Crippen LogP contribution in [0.15, 0.2) is 24.3 Å². The summed E-state index contributed by atoms with van der Waals surface area (Å²) in [5.41, 5.74) is 7.25. The molecule has 1 rings (SSSR count). The second-order valence-electron chi connectivity index (χ2n) is 5.48. The number of ether oxygens (including phenoxy) is 1. The van der Waals surface area contributed by atoms with Gasteiger partial charge in [0.05, 0.1) is 20.0 Å². The summed E-state index contributed by atoms with van der Waals surface area (Å²) >= 11 is 0. The largest absolute Gasteiger partial charge is 0.469 e. The molecule has 0 bridgehead atoms. The number of amides is 1. The van der Waals surface area contributed by atoms with E-state index in [4.69, 9.17) is 5.73 Å². The van der Waals surface area contributed by atoms with Crippen LogP contribution in [0.1, 0.15) is 25.8 Å². The number of anilines is 1. The second kappa shape index (κ2) is 8.29. The smallest absolute Gasteiger partial charge is 0.307 e. The molecule has 1 aromatic rings. The van der Waals surface area contributed by atoms with E-state index in [0.717, 1.165) is 5.56 Å². The van der Waals surface area contributed by atoms with E-state index in [1.807, 2.05) is 26.0 Å². The predicted octanol–water partition coefficient (Wildman–Crippen LogP) is 1.86. The van der Waals surface area contributed by atoms with Crippen LogP contribution in [0.4, 0.5) is 5.69 Å². The van der Waals surface area contributed by atoms with Gasteiger partial charge in [0.1, 0.15) is 0 Å². The van der Waals surface area contributed by atoms with Crippen molar-refractivity contribution < 1.29 is 14.3 Å². The highest BCUT2D eigenvalue weighted by molar-refractivity contribution is 5.79. The number of rotatable bonds is 7. The van der Waals surface area contributed by atoms with Crippen molar-refractivity contribution in [3.05, 3.63) is 29.8 Å². The van der Waals surface area contributed by atoms with Crippen LogP contribution in [0.25, 0.3) is 0 Å². The van der Waals surface area contributed by atoms with Gasteiger partial charge in [-0.2, -0.15) is 0 Å². The van der Waals surface area contributed by atoms with Gasteiger partial charge in [0.15, 0.2) is 0 Å². The van der Waals surface area contributed by atoms with Crippen molar-refractivity contribution in [1.82, 2.24) is 4.90 Å². The molecule has 21 heavy (non-hydrogen) atoms. The fourth-order valence-corrected chi connectivity index (χ4v) is 2.08. The maximum Gasteiger partial charge on any atom is 0.307 e. The molecule has 0 fully saturated rings. The first-order chi connectivity index (χ1) is 9.92. The zero-order valence-electron chi connectivity index (χ0n) is 13.0. The van der Waals surface area contributed by atoms with Crippen molar-refractivity contribution >= 4 is 17.6 Å². The first-order valence-corrected chi connectivity index (χ1v) is 7.11. The van der Waals surface area contributed by atoms with Gasteiger partial charge >= 0.3 is 5.97 Å². The number of nitrogens with zero attached hydrogens (tertiary/aromatic N) is 1. The standard InChI is InChI=1S/C16H24N2O3/c1-12(2)11-18(8-7-16(20)21-3)15(19)10-13-5-4-6-14(17)9-13/h4-6,9,12H,7-8,10-11,17H2,1-3H3. The molecule has 0 spiro atoms. The SMILES string of the molecule is COC(=O)CCN(CC(C)C)C(=O)Cc1cccc(N)c1. The van der Waals surface area contributed by atoms with Gasteiger partial charge in [-0.05, 0) is 23.6 Å². The van der Waals surface area contributed by atoms with Crippen LogP contribution in [-0.4, -0.2) is 37.0 Å². The maximum absolute atomic E-state index is 12.4. The molecule has 0 aliphatic carbocycles. The van der Waals surface area contributed by atoms with Gasteiger partial charge < -0.3 is 15.4 Å². The molecule has 0 radical (unpaired) electrons. The van der Waals surface area contributed by atoms with Crippen LogP contribution < -0.4 is 5.73 Å². The molecule has 0 aliphatic heterocycles. The first kappa shape index (κ1) is 17.0. The summed E-state index contributed by atoms with van der Waals surface area (Å²) in [6, 6.07) is 7.30. The third-order valence-electron chi connectivity index (χ3n) is 3.06. The highest BCUT2D eigenvalue weighted by Gasteiger charge is 2.17. The normalized spacial score (nSPS) is 10.5. The minimum atomic E-state index is -0.305. The molecule has 0 atom stereocenters. The number of hydrogen-bond acceptors (Lipinski definition) is 4. The van der Waals surface area contributed by atoms with Crippen LogP contribution >= 0.6 is 0 Å². The van der Waals surface area contributed by atoms with Crippen LogP contribution in [0, 0.1) is 5.92 Å². The fraction of sp³-hybridized carbons (Fsp3) is 0.500. The lowest BCUT2D eigenvalue weighted by Gasteiger charge is -2.24. The summed E-state index contributed by atoms with van der Waals surface area (Å²) in [6.45, 7) is 5.09. The number of esters is 1. The Morgan fingerprint density at radius 1 is 1.33 bits per heavy atom. The fourth-order valence-electron chi connectivity index (χ4n) is 2.08. The molecule has 5 nitrogen and oxygen atoms in total. The molecule has 0 aromatic heterocycles. The van der Waals surface area contributed by atoms with Gasteiger partial charge in [-0.25, -0.2) is 0 Å². The molecule has 1 aromatic carbocycles. The predicted molar refractivity (Wildman–Crippen MR) is 82.6 cm³/mol. The molecule has 116 valence electrons. The molecule has 0 saturated carbocycles. The Bertz CT molecular complexity index is 486. The molecule has 5 heteroatoms. The van der Waals surface area contributed by atoms with Crippen molar-refractivity contribution in [2.75, 3.05) is 25.9 Å². The Hall–Kier alpha value is -2.04. The van der Waals surface area contributed by atoms with E-state index in [1.165, 1.54) is 7.11 Å². The number of carbonyl (C=O) groups excluding carboxylic acids is 2. The maximum atomic E-state index is 12.4. The van der Waals surface area contributed by atoms with Crippen LogP contribution in [-0.2, 0) is 20.7 Å². The lowest BCUT2D eigenvalue weighted by atomic mass is 10.1. The third-order valence-corrected chi connectivity index (χ3v) is 3.06. The van der Waals surface area contributed by atoms with Crippen molar-refractivity contribution in [3.63, 3.8) is 0 Å². The molecule has 0 saturated heterocycles. The quantitative estimate of drug-likeness (QED) is 0.615. The van der Waals surface area contributed by atoms with E-state index in [2.05, 4.69) is 4.74 Å². The Morgan fingerprint density at radius 2 is 2.05 bits per heavy atom. The number of nitrogen functional groups attached to an aromatic ring is 1. The summed E-state index contributed by atoms with van der Waals surface area (Å²) in [5.74, 6) is 0.0335. The average molecular weight is 292 g/mol. The number of nitrogens with two attached hydrogens (primary N) is 1. The van der Waals surface area contributed by atoms with Gasteiger partial charge in [-0.15, -0.1) is 0 Å². The topological polar surface area (TPSA) is 72.6 Å². The number of hydrogen-bond donors (Lipinski definition) is 1. The van der Waals surface area contributed by atoms with Crippen molar-refractivity contribution in [3.8, 4) is 0 Å². The lowest BCUT2D eigenvalue weighted by molar-refractivity contribution is -0.141. The van der Waals surface area contributed by atoms with E-state index in [-0.39, 0.29) is 18.3 Å². The van der Waals surface area contributed by atoms with E-state index >= 15 is 0 Å².